The number of carbonyl (C=O) groups is 2. The number of ketones is 1. The van der Waals surface area contributed by atoms with Crippen molar-refractivity contribution in [2.75, 3.05) is 25.0 Å². The molecule has 5 nitrogen and oxygen atoms in total. The van der Waals surface area contributed by atoms with E-state index in [1.165, 1.54) is 5.56 Å². The van der Waals surface area contributed by atoms with Gasteiger partial charge >= 0.3 is 5.97 Å². The van der Waals surface area contributed by atoms with Gasteiger partial charge in [0, 0.05) is 17.8 Å². The normalized spacial score (nSPS) is 21.5. The molecule has 20 heavy (non-hydrogen) atoms. The first-order valence-corrected chi connectivity index (χ1v) is 7.02. The molecule has 1 fully saturated rings. The molecule has 2 heterocycles. The highest BCUT2D eigenvalue weighted by molar-refractivity contribution is 5.98. The van der Waals surface area contributed by atoms with Crippen LogP contribution in [0.15, 0.2) is 18.2 Å². The van der Waals surface area contributed by atoms with Gasteiger partial charge in [-0.05, 0) is 49.6 Å². The molecule has 0 spiro atoms. The number of fused-ring (bicyclic) bond motifs is 1. The molecule has 0 amide bonds. The second-order valence-corrected chi connectivity index (χ2v) is 5.44. The van der Waals surface area contributed by atoms with Crippen LogP contribution in [0, 0.1) is 0 Å². The smallest absolute Gasteiger partial charge is 0.320 e. The van der Waals surface area contributed by atoms with Crippen molar-refractivity contribution in [1.82, 2.24) is 4.90 Å². The summed E-state index contributed by atoms with van der Waals surface area (Å²) >= 11 is 0. The summed E-state index contributed by atoms with van der Waals surface area (Å²) in [5, 5.41) is 12.4. The van der Waals surface area contributed by atoms with Crippen LogP contribution in [-0.4, -0.2) is 47.4 Å². The number of Topliss-reactive ketones (excluding diaryl/α,β-unsaturated/α-hetero) is 1. The van der Waals surface area contributed by atoms with E-state index in [4.69, 9.17) is 5.11 Å². The molecule has 1 aromatic rings. The Balaban J connectivity index is 1.71. The lowest BCUT2D eigenvalue weighted by atomic mass is 10.0. The number of rotatable bonds is 4. The topological polar surface area (TPSA) is 69.6 Å². The van der Waals surface area contributed by atoms with E-state index in [1.807, 2.05) is 18.2 Å². The van der Waals surface area contributed by atoms with E-state index in [0.29, 0.717) is 18.5 Å². The molecule has 2 N–H and O–H groups in total. The highest BCUT2D eigenvalue weighted by Crippen LogP contribution is 2.24. The first-order chi connectivity index (χ1) is 9.65. The molecule has 5 heteroatoms. The van der Waals surface area contributed by atoms with Crippen LogP contribution in [0.25, 0.3) is 0 Å². The molecule has 3 rings (SSSR count). The Hall–Kier alpha value is -1.88. The predicted octanol–water partition coefficient (Wildman–Crippen LogP) is 1.39. The van der Waals surface area contributed by atoms with Crippen molar-refractivity contribution >= 4 is 17.4 Å². The molecule has 0 radical (unpaired) electrons. The number of carboxylic acids is 1. The molecule has 1 unspecified atom stereocenters. The Morgan fingerprint density at radius 1 is 1.40 bits per heavy atom. The minimum absolute atomic E-state index is 0.00727. The van der Waals surface area contributed by atoms with Crippen molar-refractivity contribution in [2.45, 2.75) is 25.3 Å². The number of nitrogens with one attached hydrogen (secondary N) is 1. The van der Waals surface area contributed by atoms with Crippen LogP contribution >= 0.6 is 0 Å². The van der Waals surface area contributed by atoms with E-state index in [-0.39, 0.29) is 12.3 Å². The van der Waals surface area contributed by atoms with E-state index in [1.54, 1.807) is 4.90 Å². The van der Waals surface area contributed by atoms with Gasteiger partial charge in [-0.1, -0.05) is 0 Å². The molecule has 0 bridgehead atoms. The fourth-order valence-electron chi connectivity index (χ4n) is 3.05. The standard InChI is InChI=1S/C15H18N2O3/c18-14(9-17-7-1-2-13(17)15(19)20)11-3-4-12-10(8-11)5-6-16-12/h3-4,8,13,16H,1-2,5-7,9H2,(H,19,20). The van der Waals surface area contributed by atoms with Crippen molar-refractivity contribution in [3.8, 4) is 0 Å². The highest BCUT2D eigenvalue weighted by atomic mass is 16.4. The predicted molar refractivity (Wildman–Crippen MR) is 75.2 cm³/mol. The molecule has 106 valence electrons. The largest absolute Gasteiger partial charge is 0.480 e. The quantitative estimate of drug-likeness (QED) is 0.812. The summed E-state index contributed by atoms with van der Waals surface area (Å²) in [5.41, 5.74) is 2.96. The van der Waals surface area contributed by atoms with Gasteiger partial charge in [0.2, 0.25) is 0 Å². The third kappa shape index (κ3) is 2.41. The minimum atomic E-state index is -0.826. The molecule has 2 aliphatic rings. The molecule has 1 saturated heterocycles. The number of carboxylic acid groups (broad SMARTS) is 1. The Labute approximate surface area is 117 Å². The number of hydrogen-bond acceptors (Lipinski definition) is 4. The summed E-state index contributed by atoms with van der Waals surface area (Å²) in [6, 6.07) is 5.19. The highest BCUT2D eigenvalue weighted by Gasteiger charge is 2.31. The van der Waals surface area contributed by atoms with Gasteiger partial charge in [0.25, 0.3) is 0 Å². The van der Waals surface area contributed by atoms with Gasteiger partial charge in [-0.15, -0.1) is 0 Å². The number of aliphatic carboxylic acids is 1. The van der Waals surface area contributed by atoms with Gasteiger partial charge in [-0.2, -0.15) is 0 Å². The lowest BCUT2D eigenvalue weighted by Crippen LogP contribution is -2.39. The van der Waals surface area contributed by atoms with Crippen LogP contribution in [0.5, 0.6) is 0 Å². The molecular weight excluding hydrogens is 256 g/mol. The fourth-order valence-corrected chi connectivity index (χ4v) is 3.05. The van der Waals surface area contributed by atoms with Crippen molar-refractivity contribution in [2.24, 2.45) is 0 Å². The lowest BCUT2D eigenvalue weighted by molar-refractivity contribution is -0.141. The van der Waals surface area contributed by atoms with Crippen LogP contribution in [0.1, 0.15) is 28.8 Å². The third-order valence-corrected chi connectivity index (χ3v) is 4.13. The number of likely N-dealkylation sites (tertiary alicyclic amines) is 1. The third-order valence-electron chi connectivity index (χ3n) is 4.13. The van der Waals surface area contributed by atoms with Crippen LogP contribution in [-0.2, 0) is 11.2 Å². The zero-order valence-electron chi connectivity index (χ0n) is 11.3. The van der Waals surface area contributed by atoms with E-state index >= 15 is 0 Å². The molecule has 0 saturated carbocycles. The first-order valence-electron chi connectivity index (χ1n) is 7.02. The summed E-state index contributed by atoms with van der Waals surface area (Å²) < 4.78 is 0. The number of benzene rings is 1. The Kier molecular flexibility index (Phi) is 3.44. The molecule has 2 aliphatic heterocycles. The molecular formula is C15H18N2O3. The van der Waals surface area contributed by atoms with Crippen molar-refractivity contribution in [3.05, 3.63) is 29.3 Å². The summed E-state index contributed by atoms with van der Waals surface area (Å²) in [5.74, 6) is -0.818. The van der Waals surface area contributed by atoms with Gasteiger partial charge in [-0.3, -0.25) is 14.5 Å². The van der Waals surface area contributed by atoms with E-state index in [9.17, 15) is 9.59 Å². The van der Waals surface area contributed by atoms with Gasteiger partial charge in [-0.25, -0.2) is 0 Å². The van der Waals surface area contributed by atoms with Crippen molar-refractivity contribution < 1.29 is 14.7 Å². The average molecular weight is 274 g/mol. The van der Waals surface area contributed by atoms with Gasteiger partial charge in [0.15, 0.2) is 5.78 Å². The molecule has 1 atom stereocenters. The number of nitrogens with zero attached hydrogens (tertiary/aromatic N) is 1. The van der Waals surface area contributed by atoms with E-state index < -0.39 is 12.0 Å². The minimum Gasteiger partial charge on any atom is -0.480 e. The zero-order valence-corrected chi connectivity index (χ0v) is 11.3. The van der Waals surface area contributed by atoms with E-state index in [0.717, 1.165) is 25.1 Å². The molecule has 0 aromatic heterocycles. The number of anilines is 1. The maximum absolute atomic E-state index is 12.3. The van der Waals surface area contributed by atoms with Crippen LogP contribution in [0.4, 0.5) is 5.69 Å². The Bertz CT molecular complexity index is 556. The van der Waals surface area contributed by atoms with Gasteiger partial charge in [0.1, 0.15) is 6.04 Å². The fraction of sp³-hybridized carbons (Fsp3) is 0.467. The first kappa shape index (κ1) is 13.1. The molecule has 1 aromatic carbocycles. The number of hydrogen-bond donors (Lipinski definition) is 2. The SMILES string of the molecule is O=C(CN1CCCC1C(=O)O)c1ccc2c(c1)CCN2. The van der Waals surface area contributed by atoms with Crippen LogP contribution in [0.2, 0.25) is 0 Å². The van der Waals surface area contributed by atoms with Crippen LogP contribution < -0.4 is 5.32 Å². The monoisotopic (exact) mass is 274 g/mol. The average Bonchev–Trinajstić information content (AvgIpc) is 3.05. The second-order valence-electron chi connectivity index (χ2n) is 5.44. The zero-order chi connectivity index (χ0) is 14.1. The summed E-state index contributed by atoms with van der Waals surface area (Å²) in [4.78, 5) is 25.2. The summed E-state index contributed by atoms with van der Waals surface area (Å²) in [6.45, 7) is 1.80. The van der Waals surface area contributed by atoms with Crippen molar-refractivity contribution in [3.63, 3.8) is 0 Å². The molecule has 0 aliphatic carbocycles. The summed E-state index contributed by atoms with van der Waals surface area (Å²) in [7, 11) is 0. The number of carbonyl (C=O) groups excluding carboxylic acids is 1. The van der Waals surface area contributed by atoms with E-state index in [2.05, 4.69) is 5.32 Å². The lowest BCUT2D eigenvalue weighted by Gasteiger charge is -2.20. The van der Waals surface area contributed by atoms with Gasteiger partial charge < -0.3 is 10.4 Å². The second kappa shape index (κ2) is 5.25. The Morgan fingerprint density at radius 2 is 2.25 bits per heavy atom. The maximum atomic E-state index is 12.3. The van der Waals surface area contributed by atoms with Gasteiger partial charge in [0.05, 0.1) is 6.54 Å². The summed E-state index contributed by atoms with van der Waals surface area (Å²) in [6.07, 6.45) is 2.42. The van der Waals surface area contributed by atoms with Crippen molar-refractivity contribution in [1.29, 1.82) is 0 Å². The van der Waals surface area contributed by atoms with Crippen LogP contribution in [0.3, 0.4) is 0 Å². The maximum Gasteiger partial charge on any atom is 0.320 e. The Morgan fingerprint density at radius 3 is 3.05 bits per heavy atom.